The summed E-state index contributed by atoms with van der Waals surface area (Å²) in [5.74, 6) is -0.373. The molecule has 10 heteroatoms. The Bertz CT molecular complexity index is 1300. The number of nitriles is 1. The van der Waals surface area contributed by atoms with Crippen LogP contribution in [0, 0.1) is 11.3 Å². The number of rotatable bonds is 8. The normalized spacial score (nSPS) is 12.5. The maximum Gasteiger partial charge on any atom is 0.326 e. The smallest absolute Gasteiger partial charge is 0.326 e. The Hall–Kier alpha value is -3.93. The molecule has 0 spiro atoms. The molecule has 1 aliphatic heterocycles. The van der Waals surface area contributed by atoms with Gasteiger partial charge in [0.1, 0.15) is 17.9 Å². The van der Waals surface area contributed by atoms with Gasteiger partial charge in [-0.1, -0.05) is 53.5 Å². The Morgan fingerprint density at radius 1 is 1.09 bits per heavy atom. The number of amides is 1. The summed E-state index contributed by atoms with van der Waals surface area (Å²) in [4.78, 5) is 24.5. The lowest BCUT2D eigenvalue weighted by atomic mass is 9.98. The van der Waals surface area contributed by atoms with Gasteiger partial charge < -0.3 is 24.6 Å². The van der Waals surface area contributed by atoms with Crippen LogP contribution in [0.5, 0.6) is 17.2 Å². The first-order valence-corrected chi connectivity index (χ1v) is 11.1. The van der Waals surface area contributed by atoms with Gasteiger partial charge in [0.25, 0.3) is 5.91 Å². The molecule has 2 N–H and O–H groups in total. The second-order valence-corrected chi connectivity index (χ2v) is 8.30. The number of fused-ring (bicyclic) bond motifs is 1. The van der Waals surface area contributed by atoms with Crippen LogP contribution in [0.15, 0.2) is 54.6 Å². The molecular formula is C25H18Cl2N2O6. The van der Waals surface area contributed by atoms with Gasteiger partial charge in [-0.3, -0.25) is 4.79 Å². The Morgan fingerprint density at radius 3 is 2.46 bits per heavy atom. The van der Waals surface area contributed by atoms with E-state index in [1.54, 1.807) is 42.5 Å². The average Bonchev–Trinajstić information content (AvgIpc) is 3.31. The lowest BCUT2D eigenvalue weighted by Crippen LogP contribution is -2.42. The molecule has 0 saturated heterocycles. The second kappa shape index (κ2) is 10.6. The average molecular weight is 513 g/mol. The first-order chi connectivity index (χ1) is 16.9. The summed E-state index contributed by atoms with van der Waals surface area (Å²) in [7, 11) is 0. The molecular weight excluding hydrogens is 495 g/mol. The van der Waals surface area contributed by atoms with Crippen LogP contribution in [0.3, 0.4) is 0 Å². The van der Waals surface area contributed by atoms with Crippen LogP contribution >= 0.6 is 23.2 Å². The molecule has 0 fully saturated rings. The minimum atomic E-state index is -1.21. The molecule has 35 heavy (non-hydrogen) atoms. The summed E-state index contributed by atoms with van der Waals surface area (Å²) in [6, 6.07) is 15.7. The molecule has 4 rings (SSSR count). The van der Waals surface area contributed by atoms with E-state index in [2.05, 4.69) is 5.32 Å². The van der Waals surface area contributed by atoms with Gasteiger partial charge >= 0.3 is 5.97 Å². The molecule has 1 heterocycles. The molecule has 8 nitrogen and oxygen atoms in total. The van der Waals surface area contributed by atoms with E-state index >= 15 is 0 Å². The number of halogens is 2. The summed E-state index contributed by atoms with van der Waals surface area (Å²) in [5.41, 5.74) is 2.03. The molecule has 0 radical (unpaired) electrons. The van der Waals surface area contributed by atoms with Gasteiger partial charge in [-0.05, 0) is 35.4 Å². The van der Waals surface area contributed by atoms with Crippen molar-refractivity contribution in [1.29, 1.82) is 5.26 Å². The zero-order valence-electron chi connectivity index (χ0n) is 18.1. The number of nitrogens with zero attached hydrogens (tertiary/aromatic N) is 1. The topological polar surface area (TPSA) is 118 Å². The fourth-order valence-corrected chi connectivity index (χ4v) is 4.22. The Labute approximate surface area is 210 Å². The van der Waals surface area contributed by atoms with Crippen LogP contribution in [0.1, 0.15) is 15.9 Å². The maximum atomic E-state index is 12.7. The molecule has 0 aromatic heterocycles. The zero-order chi connectivity index (χ0) is 24.9. The van der Waals surface area contributed by atoms with Crippen molar-refractivity contribution in [3.63, 3.8) is 0 Å². The first-order valence-electron chi connectivity index (χ1n) is 10.4. The van der Waals surface area contributed by atoms with E-state index in [1.807, 2.05) is 6.07 Å². The third-order valence-electron chi connectivity index (χ3n) is 5.27. The van der Waals surface area contributed by atoms with Crippen molar-refractivity contribution in [3.05, 3.63) is 75.8 Å². The number of carbonyl (C=O) groups is 2. The number of carbonyl (C=O) groups excluding carboxylic acids is 1. The fraction of sp³-hybridized carbons (Fsp3) is 0.160. The first kappa shape index (κ1) is 24.2. The van der Waals surface area contributed by atoms with Crippen molar-refractivity contribution >= 4 is 35.1 Å². The van der Waals surface area contributed by atoms with Crippen LogP contribution in [-0.2, 0) is 11.2 Å². The third-order valence-corrected chi connectivity index (χ3v) is 5.90. The Morgan fingerprint density at radius 2 is 1.80 bits per heavy atom. The van der Waals surface area contributed by atoms with E-state index in [-0.39, 0.29) is 35.4 Å². The van der Waals surface area contributed by atoms with Gasteiger partial charge in [-0.2, -0.15) is 5.26 Å². The van der Waals surface area contributed by atoms with Crippen LogP contribution in [-0.4, -0.2) is 36.4 Å². The van der Waals surface area contributed by atoms with Gasteiger partial charge in [0, 0.05) is 6.42 Å². The van der Waals surface area contributed by atoms with E-state index in [0.717, 1.165) is 5.56 Å². The number of aliphatic carboxylic acids is 1. The number of hydrogen-bond donors (Lipinski definition) is 2. The predicted octanol–water partition coefficient (Wildman–Crippen LogP) is 4.72. The number of ether oxygens (including phenoxy) is 3. The fourth-order valence-electron chi connectivity index (χ4n) is 3.65. The van der Waals surface area contributed by atoms with Crippen molar-refractivity contribution in [3.8, 4) is 34.4 Å². The quantitative estimate of drug-likeness (QED) is 0.448. The third kappa shape index (κ3) is 5.27. The van der Waals surface area contributed by atoms with Gasteiger partial charge in [-0.15, -0.1) is 0 Å². The minimum Gasteiger partial charge on any atom is -0.480 e. The van der Waals surface area contributed by atoms with Crippen molar-refractivity contribution in [2.24, 2.45) is 0 Å². The lowest BCUT2D eigenvalue weighted by Gasteiger charge is -2.17. The minimum absolute atomic E-state index is 0.0162. The SMILES string of the molecule is N#CCOc1ccc2c(c1-c1ccc(C[C@H](NC(=O)c3c(Cl)cccc3Cl)C(=O)O)cc1)OCO2. The highest BCUT2D eigenvalue weighted by molar-refractivity contribution is 6.39. The monoisotopic (exact) mass is 512 g/mol. The molecule has 0 saturated carbocycles. The van der Waals surface area contributed by atoms with Crippen LogP contribution < -0.4 is 19.5 Å². The highest BCUT2D eigenvalue weighted by Crippen LogP contribution is 2.47. The van der Waals surface area contributed by atoms with Crippen molar-refractivity contribution in [2.45, 2.75) is 12.5 Å². The highest BCUT2D eigenvalue weighted by atomic mass is 35.5. The summed E-state index contributed by atoms with van der Waals surface area (Å²) in [6.07, 6.45) is 0.0216. The van der Waals surface area contributed by atoms with Gasteiger partial charge in [0.15, 0.2) is 18.1 Å². The molecule has 0 aliphatic carbocycles. The van der Waals surface area contributed by atoms with E-state index < -0.39 is 17.9 Å². The van der Waals surface area contributed by atoms with E-state index in [4.69, 9.17) is 42.7 Å². The molecule has 1 amide bonds. The van der Waals surface area contributed by atoms with Crippen LogP contribution in [0.4, 0.5) is 0 Å². The largest absolute Gasteiger partial charge is 0.480 e. The molecule has 3 aromatic carbocycles. The summed E-state index contributed by atoms with van der Waals surface area (Å²) in [5, 5.41) is 21.3. The number of carboxylic acid groups (broad SMARTS) is 1. The number of benzene rings is 3. The lowest BCUT2D eigenvalue weighted by molar-refractivity contribution is -0.139. The summed E-state index contributed by atoms with van der Waals surface area (Å²) >= 11 is 12.1. The van der Waals surface area contributed by atoms with E-state index in [9.17, 15) is 14.7 Å². The molecule has 0 unspecified atom stereocenters. The van der Waals surface area contributed by atoms with Gasteiger partial charge in [-0.25, -0.2) is 4.79 Å². The Kier molecular flexibility index (Phi) is 7.30. The molecule has 1 atom stereocenters. The van der Waals surface area contributed by atoms with Crippen LogP contribution in [0.2, 0.25) is 10.0 Å². The van der Waals surface area contributed by atoms with Crippen molar-refractivity contribution in [1.82, 2.24) is 5.32 Å². The molecule has 0 bridgehead atoms. The Balaban J connectivity index is 1.56. The molecule has 1 aliphatic rings. The maximum absolute atomic E-state index is 12.7. The molecule has 178 valence electrons. The number of carboxylic acids is 1. The summed E-state index contributed by atoms with van der Waals surface area (Å²) < 4.78 is 16.6. The summed E-state index contributed by atoms with van der Waals surface area (Å²) in [6.45, 7) is -0.0717. The van der Waals surface area contributed by atoms with Crippen molar-refractivity contribution in [2.75, 3.05) is 13.4 Å². The van der Waals surface area contributed by atoms with Crippen molar-refractivity contribution < 1.29 is 28.9 Å². The van der Waals surface area contributed by atoms with E-state index in [0.29, 0.717) is 28.4 Å². The number of hydrogen-bond acceptors (Lipinski definition) is 6. The molecule has 3 aromatic rings. The van der Waals surface area contributed by atoms with Gasteiger partial charge in [0.2, 0.25) is 6.79 Å². The second-order valence-electron chi connectivity index (χ2n) is 7.48. The highest BCUT2D eigenvalue weighted by Gasteiger charge is 2.25. The predicted molar refractivity (Wildman–Crippen MR) is 128 cm³/mol. The van der Waals surface area contributed by atoms with Crippen LogP contribution in [0.25, 0.3) is 11.1 Å². The zero-order valence-corrected chi connectivity index (χ0v) is 19.6. The number of nitrogens with one attached hydrogen (secondary N) is 1. The standard InChI is InChI=1S/C25H18Cl2N2O6/c26-16-2-1-3-17(27)22(16)24(30)29-18(25(31)32)12-14-4-6-15(7-5-14)21-19(33-11-10-28)8-9-20-23(21)35-13-34-20/h1-9,18H,11-13H2,(H,29,30)(H,31,32)/t18-/m0/s1. The van der Waals surface area contributed by atoms with Gasteiger partial charge in [0.05, 0.1) is 21.2 Å². The van der Waals surface area contributed by atoms with E-state index in [1.165, 1.54) is 12.1 Å².